The van der Waals surface area contributed by atoms with Crippen LogP contribution in [0.1, 0.15) is 31.0 Å². The fraction of sp³-hybridized carbons (Fsp3) is 0.462. The molecule has 0 saturated heterocycles. The summed E-state index contributed by atoms with van der Waals surface area (Å²) >= 11 is 0. The van der Waals surface area contributed by atoms with Crippen molar-refractivity contribution in [3.8, 4) is 0 Å². The van der Waals surface area contributed by atoms with Crippen LogP contribution in [-0.4, -0.2) is 21.2 Å². The lowest BCUT2D eigenvalue weighted by atomic mass is 10.2. The van der Waals surface area contributed by atoms with Gasteiger partial charge in [0.25, 0.3) is 0 Å². The minimum atomic E-state index is 0.391. The highest BCUT2D eigenvalue weighted by Gasteiger charge is 2.06. The van der Waals surface area contributed by atoms with Gasteiger partial charge in [0.1, 0.15) is 0 Å². The van der Waals surface area contributed by atoms with Gasteiger partial charge >= 0.3 is 6.01 Å². The molecule has 0 amide bonds. The fourth-order valence-electron chi connectivity index (χ4n) is 1.47. The highest BCUT2D eigenvalue weighted by atomic mass is 16.4. The topological polar surface area (TPSA) is 75.9 Å². The Kier molecular flexibility index (Phi) is 4.46. The first kappa shape index (κ1) is 13.5. The molecular formula is C13H19N5O. The summed E-state index contributed by atoms with van der Waals surface area (Å²) in [5.41, 5.74) is 2.08. The Bertz CT molecular complexity index is 506. The van der Waals surface area contributed by atoms with Crippen LogP contribution in [-0.2, 0) is 13.1 Å². The smallest absolute Gasteiger partial charge is 0.315 e. The summed E-state index contributed by atoms with van der Waals surface area (Å²) in [7, 11) is 0. The van der Waals surface area contributed by atoms with E-state index in [1.165, 1.54) is 0 Å². The molecule has 0 bridgehead atoms. The van der Waals surface area contributed by atoms with Gasteiger partial charge in [-0.05, 0) is 18.6 Å². The van der Waals surface area contributed by atoms with E-state index < -0.39 is 0 Å². The van der Waals surface area contributed by atoms with Crippen molar-refractivity contribution in [3.63, 3.8) is 0 Å². The Hall–Kier alpha value is -1.95. The third kappa shape index (κ3) is 4.33. The quantitative estimate of drug-likeness (QED) is 0.827. The summed E-state index contributed by atoms with van der Waals surface area (Å²) in [5, 5.41) is 14.2. The number of anilines is 1. The van der Waals surface area contributed by atoms with Crippen molar-refractivity contribution in [1.29, 1.82) is 0 Å². The molecule has 2 aromatic heterocycles. The van der Waals surface area contributed by atoms with E-state index in [0.29, 0.717) is 31.0 Å². The maximum Gasteiger partial charge on any atom is 0.315 e. The summed E-state index contributed by atoms with van der Waals surface area (Å²) in [6, 6.07) is 4.82. The molecule has 0 aliphatic carbocycles. The molecule has 6 nitrogen and oxygen atoms in total. The van der Waals surface area contributed by atoms with Crippen LogP contribution in [0.15, 0.2) is 22.7 Å². The monoisotopic (exact) mass is 261 g/mol. The van der Waals surface area contributed by atoms with E-state index in [4.69, 9.17) is 4.42 Å². The molecule has 0 aliphatic rings. The first-order valence-electron chi connectivity index (χ1n) is 6.34. The molecule has 2 rings (SSSR count). The Morgan fingerprint density at radius 1 is 1.21 bits per heavy atom. The second kappa shape index (κ2) is 6.29. The van der Waals surface area contributed by atoms with Gasteiger partial charge in [-0.3, -0.25) is 4.98 Å². The second-order valence-electron chi connectivity index (χ2n) is 4.70. The number of aromatic nitrogens is 3. The van der Waals surface area contributed by atoms with E-state index in [2.05, 4.69) is 39.7 Å². The number of aryl methyl sites for hydroxylation is 1. The molecule has 0 aromatic carbocycles. The van der Waals surface area contributed by atoms with Crippen molar-refractivity contribution in [1.82, 2.24) is 20.5 Å². The molecular weight excluding hydrogens is 242 g/mol. The molecule has 0 fully saturated rings. The van der Waals surface area contributed by atoms with Gasteiger partial charge in [-0.2, -0.15) is 0 Å². The number of hydrogen-bond donors (Lipinski definition) is 2. The van der Waals surface area contributed by atoms with Crippen molar-refractivity contribution in [2.75, 3.05) is 5.32 Å². The highest BCUT2D eigenvalue weighted by Crippen LogP contribution is 2.08. The van der Waals surface area contributed by atoms with Gasteiger partial charge in [-0.1, -0.05) is 25.0 Å². The first-order valence-corrected chi connectivity index (χ1v) is 6.34. The normalized spacial score (nSPS) is 10.9. The minimum absolute atomic E-state index is 0.391. The molecule has 2 heterocycles. The number of pyridine rings is 1. The van der Waals surface area contributed by atoms with Crippen LogP contribution in [0.25, 0.3) is 0 Å². The summed E-state index contributed by atoms with van der Waals surface area (Å²) < 4.78 is 5.46. The summed E-state index contributed by atoms with van der Waals surface area (Å²) in [4.78, 5) is 4.23. The van der Waals surface area contributed by atoms with E-state index in [-0.39, 0.29) is 0 Å². The molecule has 0 unspecified atom stereocenters. The average molecular weight is 261 g/mol. The van der Waals surface area contributed by atoms with Gasteiger partial charge in [-0.15, -0.1) is 5.10 Å². The number of nitrogens with one attached hydrogen (secondary N) is 2. The molecule has 0 saturated carbocycles. The van der Waals surface area contributed by atoms with Crippen LogP contribution in [0.2, 0.25) is 0 Å². The SMILES string of the molecule is Cc1ccc(CNc2nnc(CNC(C)C)o2)cn1. The van der Waals surface area contributed by atoms with E-state index in [0.717, 1.165) is 11.3 Å². The molecule has 2 aromatic rings. The maximum absolute atomic E-state index is 5.46. The predicted octanol–water partition coefficient (Wildman–Crippen LogP) is 1.88. The number of rotatable bonds is 6. The van der Waals surface area contributed by atoms with Crippen molar-refractivity contribution < 1.29 is 4.42 Å². The Balaban J connectivity index is 1.84. The number of hydrogen-bond acceptors (Lipinski definition) is 6. The lowest BCUT2D eigenvalue weighted by molar-refractivity contribution is 0.458. The molecule has 0 spiro atoms. The molecule has 2 N–H and O–H groups in total. The lowest BCUT2D eigenvalue weighted by Gasteiger charge is -2.03. The van der Waals surface area contributed by atoms with Crippen LogP contribution in [0.3, 0.4) is 0 Å². The molecule has 19 heavy (non-hydrogen) atoms. The van der Waals surface area contributed by atoms with Crippen molar-refractivity contribution in [2.24, 2.45) is 0 Å². The van der Waals surface area contributed by atoms with Gasteiger partial charge in [0.15, 0.2) is 0 Å². The maximum atomic E-state index is 5.46. The Morgan fingerprint density at radius 3 is 2.74 bits per heavy atom. The first-order chi connectivity index (χ1) is 9.13. The van der Waals surface area contributed by atoms with Gasteiger partial charge in [0, 0.05) is 24.5 Å². The lowest BCUT2D eigenvalue weighted by Crippen LogP contribution is -2.21. The molecule has 0 aliphatic heterocycles. The zero-order valence-electron chi connectivity index (χ0n) is 11.5. The fourth-order valence-corrected chi connectivity index (χ4v) is 1.47. The minimum Gasteiger partial charge on any atom is -0.407 e. The van der Waals surface area contributed by atoms with Crippen LogP contribution in [0.4, 0.5) is 6.01 Å². The zero-order valence-corrected chi connectivity index (χ0v) is 11.5. The Morgan fingerprint density at radius 2 is 2.05 bits per heavy atom. The van der Waals surface area contributed by atoms with Crippen LogP contribution in [0.5, 0.6) is 0 Å². The summed E-state index contributed by atoms with van der Waals surface area (Å²) in [6.07, 6.45) is 1.83. The van der Waals surface area contributed by atoms with E-state index in [9.17, 15) is 0 Å². The highest BCUT2D eigenvalue weighted by molar-refractivity contribution is 5.22. The van der Waals surface area contributed by atoms with E-state index >= 15 is 0 Å². The molecule has 0 atom stereocenters. The zero-order chi connectivity index (χ0) is 13.7. The summed E-state index contributed by atoms with van der Waals surface area (Å²) in [6.45, 7) is 7.30. The van der Waals surface area contributed by atoms with Crippen molar-refractivity contribution in [2.45, 2.75) is 39.9 Å². The standard InChI is InChI=1S/C13H19N5O/c1-9(2)14-8-12-17-18-13(19-12)16-7-11-5-4-10(3)15-6-11/h4-6,9,14H,7-8H2,1-3H3,(H,16,18). The van der Waals surface area contributed by atoms with E-state index in [1.54, 1.807) is 0 Å². The van der Waals surface area contributed by atoms with Crippen LogP contribution in [0, 0.1) is 6.92 Å². The molecule has 0 radical (unpaired) electrons. The van der Waals surface area contributed by atoms with Gasteiger partial charge in [0.05, 0.1) is 6.54 Å². The van der Waals surface area contributed by atoms with Gasteiger partial charge in [-0.25, -0.2) is 0 Å². The van der Waals surface area contributed by atoms with Gasteiger partial charge < -0.3 is 15.1 Å². The molecule has 6 heteroatoms. The van der Waals surface area contributed by atoms with E-state index in [1.807, 2.05) is 25.3 Å². The number of nitrogens with zero attached hydrogens (tertiary/aromatic N) is 3. The summed E-state index contributed by atoms with van der Waals surface area (Å²) in [5.74, 6) is 0.582. The van der Waals surface area contributed by atoms with Crippen LogP contribution >= 0.6 is 0 Å². The Labute approximate surface area is 112 Å². The third-order valence-corrected chi connectivity index (χ3v) is 2.54. The molecule has 102 valence electrons. The second-order valence-corrected chi connectivity index (χ2v) is 4.70. The van der Waals surface area contributed by atoms with Crippen molar-refractivity contribution in [3.05, 3.63) is 35.5 Å². The predicted molar refractivity (Wildman–Crippen MR) is 72.6 cm³/mol. The van der Waals surface area contributed by atoms with Crippen LogP contribution < -0.4 is 10.6 Å². The third-order valence-electron chi connectivity index (χ3n) is 2.54. The van der Waals surface area contributed by atoms with Gasteiger partial charge in [0.2, 0.25) is 5.89 Å². The largest absolute Gasteiger partial charge is 0.407 e. The average Bonchev–Trinajstić information content (AvgIpc) is 2.84. The van der Waals surface area contributed by atoms with Crippen molar-refractivity contribution >= 4 is 6.01 Å².